The molecule has 1 unspecified atom stereocenters. The molecule has 0 aromatic heterocycles. The first-order valence-corrected chi connectivity index (χ1v) is 8.22. The van der Waals surface area contributed by atoms with E-state index in [1.54, 1.807) is 36.4 Å². The highest BCUT2D eigenvalue weighted by molar-refractivity contribution is 6.30. The topological polar surface area (TPSA) is 66.8 Å². The lowest BCUT2D eigenvalue weighted by molar-refractivity contribution is -0.152. The fourth-order valence-electron chi connectivity index (χ4n) is 2.17. The molecule has 25 heavy (non-hydrogen) atoms. The highest BCUT2D eigenvalue weighted by atomic mass is 35.5. The number of benzene rings is 2. The lowest BCUT2D eigenvalue weighted by Crippen LogP contribution is -2.27. The van der Waals surface area contributed by atoms with Gasteiger partial charge in [0.2, 0.25) is 0 Å². The molecule has 132 valence electrons. The van der Waals surface area contributed by atoms with Crippen molar-refractivity contribution >= 4 is 29.0 Å². The maximum absolute atomic E-state index is 12.4. The summed E-state index contributed by atoms with van der Waals surface area (Å²) < 4.78 is 4.93. The number of esters is 1. The summed E-state index contributed by atoms with van der Waals surface area (Å²) in [5.41, 5.74) is 2.05. The van der Waals surface area contributed by atoms with Gasteiger partial charge in [-0.3, -0.25) is 4.79 Å². The van der Waals surface area contributed by atoms with E-state index in [2.05, 4.69) is 0 Å². The van der Waals surface area contributed by atoms with Gasteiger partial charge in [-0.15, -0.1) is 0 Å². The number of halogens is 1. The molecular weight excluding hydrogens is 342 g/mol. The Kier molecular flexibility index (Phi) is 6.56. The van der Waals surface area contributed by atoms with E-state index in [-0.39, 0.29) is 12.4 Å². The molecule has 2 aromatic rings. The van der Waals surface area contributed by atoms with Gasteiger partial charge in [0.05, 0.1) is 6.54 Å². The molecule has 0 aliphatic rings. The monoisotopic (exact) mass is 361 g/mol. The molecule has 0 saturated carbocycles. The Labute approximate surface area is 151 Å². The third-order valence-electron chi connectivity index (χ3n) is 3.69. The van der Waals surface area contributed by atoms with Gasteiger partial charge in [0, 0.05) is 28.9 Å². The van der Waals surface area contributed by atoms with Crippen LogP contribution >= 0.6 is 11.6 Å². The van der Waals surface area contributed by atoms with Crippen molar-refractivity contribution in [2.24, 2.45) is 0 Å². The molecule has 0 aliphatic heterocycles. The molecule has 0 saturated heterocycles. The average molecular weight is 362 g/mol. The molecular formula is C19H20ClNO4. The molecule has 0 bridgehead atoms. The van der Waals surface area contributed by atoms with Gasteiger partial charge in [0.15, 0.2) is 5.78 Å². The Balaban J connectivity index is 1.95. The van der Waals surface area contributed by atoms with Crippen molar-refractivity contribution in [1.29, 1.82) is 0 Å². The van der Waals surface area contributed by atoms with Gasteiger partial charge in [-0.05, 0) is 55.5 Å². The van der Waals surface area contributed by atoms with Crippen LogP contribution in [-0.2, 0) is 9.53 Å². The van der Waals surface area contributed by atoms with E-state index in [1.807, 2.05) is 24.1 Å². The first-order valence-electron chi connectivity index (χ1n) is 7.84. The normalized spacial score (nSPS) is 11.7. The van der Waals surface area contributed by atoms with E-state index in [0.717, 1.165) is 5.69 Å². The van der Waals surface area contributed by atoms with Gasteiger partial charge in [-0.25, -0.2) is 4.79 Å². The van der Waals surface area contributed by atoms with E-state index >= 15 is 0 Å². The number of rotatable bonds is 7. The summed E-state index contributed by atoms with van der Waals surface area (Å²) in [4.78, 5) is 25.5. The minimum absolute atomic E-state index is 0.0725. The van der Waals surface area contributed by atoms with Crippen LogP contribution in [0.4, 0.5) is 5.69 Å². The first-order chi connectivity index (χ1) is 11.9. The third-order valence-corrected chi connectivity index (χ3v) is 3.94. The minimum Gasteiger partial charge on any atom is -0.462 e. The molecule has 0 radical (unpaired) electrons. The third kappa shape index (κ3) is 5.31. The van der Waals surface area contributed by atoms with Gasteiger partial charge in [0.1, 0.15) is 12.7 Å². The van der Waals surface area contributed by atoms with Crippen LogP contribution < -0.4 is 4.90 Å². The van der Waals surface area contributed by atoms with Gasteiger partial charge < -0.3 is 14.7 Å². The number of ketones is 1. The summed E-state index contributed by atoms with van der Waals surface area (Å²) in [7, 11) is 1.85. The van der Waals surface area contributed by atoms with Crippen LogP contribution in [0.25, 0.3) is 0 Å². The largest absolute Gasteiger partial charge is 0.462 e. The number of aliphatic hydroxyl groups excluding tert-OH is 1. The van der Waals surface area contributed by atoms with E-state index in [1.165, 1.54) is 6.92 Å². The van der Waals surface area contributed by atoms with E-state index < -0.39 is 12.1 Å². The van der Waals surface area contributed by atoms with Crippen LogP contribution in [0.5, 0.6) is 0 Å². The number of hydrogen-bond acceptors (Lipinski definition) is 5. The summed E-state index contributed by atoms with van der Waals surface area (Å²) in [5.74, 6) is -0.714. The quantitative estimate of drug-likeness (QED) is 0.606. The predicted octanol–water partition coefficient (Wildman–Crippen LogP) is 2.93. The molecule has 0 fully saturated rings. The maximum Gasteiger partial charge on any atom is 0.334 e. The number of hydrogen-bond donors (Lipinski definition) is 1. The van der Waals surface area contributed by atoms with Gasteiger partial charge in [0.25, 0.3) is 0 Å². The smallest absolute Gasteiger partial charge is 0.334 e. The number of carbonyl (C=O) groups is 2. The Morgan fingerprint density at radius 3 is 2.12 bits per heavy atom. The number of anilines is 1. The van der Waals surface area contributed by atoms with Crippen LogP contribution in [0.2, 0.25) is 5.02 Å². The maximum atomic E-state index is 12.4. The second-order valence-corrected chi connectivity index (χ2v) is 6.08. The zero-order valence-electron chi connectivity index (χ0n) is 14.1. The summed E-state index contributed by atoms with van der Waals surface area (Å²) in [6.45, 7) is 2.01. The Morgan fingerprint density at radius 2 is 1.60 bits per heavy atom. The molecule has 5 nitrogen and oxygen atoms in total. The van der Waals surface area contributed by atoms with Crippen molar-refractivity contribution < 1.29 is 19.4 Å². The Bertz CT molecular complexity index is 726. The summed E-state index contributed by atoms with van der Waals surface area (Å²) in [5, 5.41) is 9.66. The van der Waals surface area contributed by atoms with E-state index in [9.17, 15) is 9.59 Å². The second-order valence-electron chi connectivity index (χ2n) is 5.65. The highest BCUT2D eigenvalue weighted by Gasteiger charge is 2.12. The van der Waals surface area contributed by atoms with Crippen LogP contribution in [0.15, 0.2) is 48.5 Å². The van der Waals surface area contributed by atoms with Crippen LogP contribution in [-0.4, -0.2) is 43.2 Å². The SMILES string of the molecule is CC(O)C(=O)OCCN(C)c1ccc(C(=O)c2ccc(Cl)cc2)cc1. The summed E-state index contributed by atoms with van der Waals surface area (Å²) in [6.07, 6.45) is -1.12. The van der Waals surface area contributed by atoms with Crippen LogP contribution in [0.3, 0.4) is 0 Å². The van der Waals surface area contributed by atoms with Gasteiger partial charge >= 0.3 is 5.97 Å². The molecule has 0 amide bonds. The first kappa shape index (κ1) is 19.0. The van der Waals surface area contributed by atoms with Gasteiger partial charge in [-0.1, -0.05) is 11.6 Å². The predicted molar refractivity (Wildman–Crippen MR) is 97.2 cm³/mol. The van der Waals surface area contributed by atoms with Crippen LogP contribution in [0, 0.1) is 0 Å². The summed E-state index contributed by atoms with van der Waals surface area (Å²) in [6, 6.07) is 13.9. The fraction of sp³-hybridized carbons (Fsp3) is 0.263. The Hall–Kier alpha value is -2.37. The van der Waals surface area contributed by atoms with Crippen molar-refractivity contribution in [2.75, 3.05) is 25.1 Å². The van der Waals surface area contributed by atoms with Crippen molar-refractivity contribution in [1.82, 2.24) is 0 Å². The number of nitrogens with zero attached hydrogens (tertiary/aromatic N) is 1. The lowest BCUT2D eigenvalue weighted by atomic mass is 10.0. The van der Waals surface area contributed by atoms with Crippen LogP contribution in [0.1, 0.15) is 22.8 Å². The number of aliphatic hydroxyl groups is 1. The molecule has 0 aliphatic carbocycles. The second kappa shape index (κ2) is 8.65. The van der Waals surface area contributed by atoms with Crippen molar-refractivity contribution in [2.45, 2.75) is 13.0 Å². The van der Waals surface area contributed by atoms with Crippen molar-refractivity contribution in [3.63, 3.8) is 0 Å². The zero-order chi connectivity index (χ0) is 18.4. The van der Waals surface area contributed by atoms with Crippen molar-refractivity contribution in [3.05, 3.63) is 64.7 Å². The molecule has 2 rings (SSSR count). The van der Waals surface area contributed by atoms with E-state index in [0.29, 0.717) is 22.7 Å². The minimum atomic E-state index is -1.12. The fourth-order valence-corrected chi connectivity index (χ4v) is 2.29. The molecule has 2 aromatic carbocycles. The van der Waals surface area contributed by atoms with Crippen molar-refractivity contribution in [3.8, 4) is 0 Å². The van der Waals surface area contributed by atoms with Gasteiger partial charge in [-0.2, -0.15) is 0 Å². The Morgan fingerprint density at radius 1 is 1.08 bits per heavy atom. The highest BCUT2D eigenvalue weighted by Crippen LogP contribution is 2.17. The average Bonchev–Trinajstić information content (AvgIpc) is 2.61. The van der Waals surface area contributed by atoms with E-state index in [4.69, 9.17) is 21.4 Å². The molecule has 0 spiro atoms. The molecule has 0 heterocycles. The number of ether oxygens (including phenoxy) is 1. The number of likely N-dealkylation sites (N-methyl/N-ethyl adjacent to an activating group) is 1. The zero-order valence-corrected chi connectivity index (χ0v) is 14.9. The summed E-state index contributed by atoms with van der Waals surface area (Å²) >= 11 is 5.83. The standard InChI is InChI=1S/C19H20ClNO4/c1-13(22)19(24)25-12-11-21(2)17-9-5-15(6-10-17)18(23)14-3-7-16(20)8-4-14/h3-10,13,22H,11-12H2,1-2H3. The molecule has 1 atom stereocenters. The lowest BCUT2D eigenvalue weighted by Gasteiger charge is -2.19. The molecule has 1 N–H and O–H groups in total. The number of carbonyl (C=O) groups excluding carboxylic acids is 2. The molecule has 6 heteroatoms.